The Morgan fingerprint density at radius 1 is 1.04 bits per heavy atom. The largest absolute Gasteiger partial charge is 0.494 e. The minimum Gasteiger partial charge on any atom is -0.494 e. The van der Waals surface area contributed by atoms with Gasteiger partial charge in [-0.3, -0.25) is 10.1 Å². The Morgan fingerprint density at radius 3 is 2.44 bits per heavy atom. The van der Waals surface area contributed by atoms with Crippen molar-refractivity contribution < 1.29 is 14.3 Å². The number of rotatable bonds is 12. The van der Waals surface area contributed by atoms with Crippen LogP contribution < -0.4 is 15.4 Å². The van der Waals surface area contributed by atoms with Crippen LogP contribution in [0.5, 0.6) is 5.75 Å². The molecule has 0 bridgehead atoms. The molecular formula is C19H30N2O3S. The number of methoxy groups -OCH3 is 1. The lowest BCUT2D eigenvalue weighted by atomic mass is 10.2. The molecule has 1 aromatic rings. The average molecular weight is 367 g/mol. The smallest absolute Gasteiger partial charge is 0.257 e. The monoisotopic (exact) mass is 366 g/mol. The number of unbranched alkanes of at least 4 members (excludes halogenated alkanes) is 4. The molecule has 0 atom stereocenters. The van der Waals surface area contributed by atoms with Crippen LogP contribution in [0.4, 0.5) is 0 Å². The molecule has 2 N–H and O–H groups in total. The number of hydrogen-bond acceptors (Lipinski definition) is 4. The van der Waals surface area contributed by atoms with Gasteiger partial charge < -0.3 is 14.8 Å². The van der Waals surface area contributed by atoms with Crippen molar-refractivity contribution in [3.63, 3.8) is 0 Å². The zero-order valence-electron chi connectivity index (χ0n) is 15.3. The quantitative estimate of drug-likeness (QED) is 0.436. The van der Waals surface area contributed by atoms with Gasteiger partial charge in [-0.25, -0.2) is 0 Å². The molecule has 1 rings (SSSR count). The van der Waals surface area contributed by atoms with Crippen LogP contribution in [0.15, 0.2) is 24.3 Å². The van der Waals surface area contributed by atoms with Gasteiger partial charge in [-0.15, -0.1) is 0 Å². The second-order valence-corrected chi connectivity index (χ2v) is 6.25. The molecular weight excluding hydrogens is 336 g/mol. The lowest BCUT2D eigenvalue weighted by Crippen LogP contribution is -2.39. The van der Waals surface area contributed by atoms with Gasteiger partial charge in [-0.05, 0) is 49.3 Å². The molecule has 0 aliphatic carbocycles. The van der Waals surface area contributed by atoms with E-state index in [1.54, 1.807) is 19.2 Å². The number of benzene rings is 1. The highest BCUT2D eigenvalue weighted by atomic mass is 32.1. The average Bonchev–Trinajstić information content (AvgIpc) is 2.62. The predicted molar refractivity (Wildman–Crippen MR) is 105 cm³/mol. The molecule has 0 saturated heterocycles. The van der Waals surface area contributed by atoms with Gasteiger partial charge in [0.05, 0.1) is 6.61 Å². The van der Waals surface area contributed by atoms with E-state index < -0.39 is 0 Å². The Labute approximate surface area is 156 Å². The maximum atomic E-state index is 12.1. The fraction of sp³-hybridized carbons (Fsp3) is 0.579. The second kappa shape index (κ2) is 13.6. The third-order valence-electron chi connectivity index (χ3n) is 3.67. The first-order valence-electron chi connectivity index (χ1n) is 8.98. The first-order chi connectivity index (χ1) is 12.2. The highest BCUT2D eigenvalue weighted by Crippen LogP contribution is 2.13. The fourth-order valence-electron chi connectivity index (χ4n) is 2.24. The van der Waals surface area contributed by atoms with Crippen LogP contribution in [-0.2, 0) is 4.74 Å². The minimum atomic E-state index is -0.227. The topological polar surface area (TPSA) is 59.6 Å². The molecule has 25 heavy (non-hydrogen) atoms. The van der Waals surface area contributed by atoms with Gasteiger partial charge >= 0.3 is 0 Å². The van der Waals surface area contributed by atoms with Crippen molar-refractivity contribution in [2.24, 2.45) is 0 Å². The molecule has 1 aromatic carbocycles. The number of carbonyl (C=O) groups is 1. The van der Waals surface area contributed by atoms with Crippen LogP contribution in [0.25, 0.3) is 0 Å². The third-order valence-corrected chi connectivity index (χ3v) is 3.92. The Morgan fingerprint density at radius 2 is 1.76 bits per heavy atom. The van der Waals surface area contributed by atoms with Crippen LogP contribution in [0.2, 0.25) is 0 Å². The molecule has 0 radical (unpaired) electrons. The van der Waals surface area contributed by atoms with Gasteiger partial charge in [0.15, 0.2) is 5.11 Å². The van der Waals surface area contributed by atoms with E-state index in [9.17, 15) is 4.79 Å². The molecule has 140 valence electrons. The van der Waals surface area contributed by atoms with E-state index in [4.69, 9.17) is 21.7 Å². The van der Waals surface area contributed by atoms with Crippen LogP contribution in [-0.4, -0.2) is 37.9 Å². The van der Waals surface area contributed by atoms with Crippen molar-refractivity contribution in [1.29, 1.82) is 0 Å². The Hall–Kier alpha value is -1.66. The molecule has 0 unspecified atom stereocenters. The standard InChI is InChI=1S/C19H30N2O3S/c1-3-4-5-6-7-15-24-17-11-9-16(10-12-17)18(22)21-19(25)20-13-8-14-23-2/h9-12H,3-8,13-15H2,1-2H3,(H2,20,21,22,25). The molecule has 0 fully saturated rings. The summed E-state index contributed by atoms with van der Waals surface area (Å²) in [4.78, 5) is 12.1. The number of nitrogens with one attached hydrogen (secondary N) is 2. The number of hydrogen-bond donors (Lipinski definition) is 2. The third kappa shape index (κ3) is 10.0. The summed E-state index contributed by atoms with van der Waals surface area (Å²) in [5.74, 6) is 0.558. The summed E-state index contributed by atoms with van der Waals surface area (Å²) in [6, 6.07) is 7.12. The number of thiocarbonyl (C=S) groups is 1. The van der Waals surface area contributed by atoms with Gasteiger partial charge in [0, 0.05) is 25.8 Å². The SMILES string of the molecule is CCCCCCCOc1ccc(C(=O)NC(=S)NCCCOC)cc1. The van der Waals surface area contributed by atoms with Gasteiger partial charge in [0.2, 0.25) is 0 Å². The van der Waals surface area contributed by atoms with Crippen molar-refractivity contribution in [2.75, 3.05) is 26.9 Å². The summed E-state index contributed by atoms with van der Waals surface area (Å²) in [6.07, 6.45) is 6.88. The highest BCUT2D eigenvalue weighted by molar-refractivity contribution is 7.80. The van der Waals surface area contributed by atoms with E-state index in [0.29, 0.717) is 30.4 Å². The normalized spacial score (nSPS) is 10.3. The molecule has 6 heteroatoms. The van der Waals surface area contributed by atoms with Crippen molar-refractivity contribution in [3.8, 4) is 5.75 Å². The fourth-order valence-corrected chi connectivity index (χ4v) is 2.43. The lowest BCUT2D eigenvalue weighted by molar-refractivity contribution is 0.0976. The summed E-state index contributed by atoms with van der Waals surface area (Å²) in [6.45, 7) is 4.24. The number of amides is 1. The van der Waals surface area contributed by atoms with Gasteiger partial charge in [-0.2, -0.15) is 0 Å². The van der Waals surface area contributed by atoms with E-state index in [0.717, 1.165) is 18.6 Å². The lowest BCUT2D eigenvalue weighted by Gasteiger charge is -2.10. The van der Waals surface area contributed by atoms with Crippen LogP contribution in [0, 0.1) is 0 Å². The molecule has 0 spiro atoms. The van der Waals surface area contributed by atoms with Crippen LogP contribution >= 0.6 is 12.2 Å². The molecule has 5 nitrogen and oxygen atoms in total. The Bertz CT molecular complexity index is 506. The first kappa shape index (κ1) is 21.4. The molecule has 0 heterocycles. The van der Waals surface area contributed by atoms with E-state index in [2.05, 4.69) is 17.6 Å². The van der Waals surface area contributed by atoms with E-state index in [-0.39, 0.29) is 5.91 Å². The Kier molecular flexibility index (Phi) is 11.6. The van der Waals surface area contributed by atoms with Crippen LogP contribution in [0.3, 0.4) is 0 Å². The predicted octanol–water partition coefficient (Wildman–Crippen LogP) is 3.68. The van der Waals surface area contributed by atoms with Crippen molar-refractivity contribution in [3.05, 3.63) is 29.8 Å². The van der Waals surface area contributed by atoms with E-state index in [1.165, 1.54) is 25.7 Å². The van der Waals surface area contributed by atoms with Crippen molar-refractivity contribution in [2.45, 2.75) is 45.4 Å². The van der Waals surface area contributed by atoms with E-state index in [1.807, 2.05) is 12.1 Å². The zero-order valence-corrected chi connectivity index (χ0v) is 16.1. The van der Waals surface area contributed by atoms with Gasteiger partial charge in [0.1, 0.15) is 5.75 Å². The summed E-state index contributed by atoms with van der Waals surface area (Å²) >= 11 is 5.10. The molecule has 0 aromatic heterocycles. The minimum absolute atomic E-state index is 0.227. The van der Waals surface area contributed by atoms with Crippen molar-refractivity contribution >= 4 is 23.2 Å². The zero-order chi connectivity index (χ0) is 18.3. The molecule has 0 aliphatic heterocycles. The summed E-state index contributed by atoms with van der Waals surface area (Å²) in [5.41, 5.74) is 0.552. The van der Waals surface area contributed by atoms with E-state index >= 15 is 0 Å². The number of carbonyl (C=O) groups excluding carboxylic acids is 1. The second-order valence-electron chi connectivity index (χ2n) is 5.84. The maximum Gasteiger partial charge on any atom is 0.257 e. The first-order valence-corrected chi connectivity index (χ1v) is 9.39. The molecule has 0 saturated carbocycles. The Balaban J connectivity index is 2.27. The summed E-state index contributed by atoms with van der Waals surface area (Å²) in [5, 5.41) is 5.96. The van der Waals surface area contributed by atoms with Gasteiger partial charge in [-0.1, -0.05) is 32.6 Å². The summed E-state index contributed by atoms with van der Waals surface area (Å²) in [7, 11) is 1.65. The number of ether oxygens (including phenoxy) is 2. The highest BCUT2D eigenvalue weighted by Gasteiger charge is 2.07. The van der Waals surface area contributed by atoms with Gasteiger partial charge in [0.25, 0.3) is 5.91 Å². The summed E-state index contributed by atoms with van der Waals surface area (Å²) < 4.78 is 10.7. The van der Waals surface area contributed by atoms with Crippen LogP contribution in [0.1, 0.15) is 55.8 Å². The maximum absolute atomic E-state index is 12.1. The molecule has 1 amide bonds. The van der Waals surface area contributed by atoms with Crippen molar-refractivity contribution in [1.82, 2.24) is 10.6 Å². The molecule has 0 aliphatic rings.